The van der Waals surface area contributed by atoms with Crippen molar-refractivity contribution in [3.05, 3.63) is 56.0 Å². The third-order valence-corrected chi connectivity index (χ3v) is 5.71. The first-order chi connectivity index (χ1) is 11.2. The zero-order chi connectivity index (χ0) is 18.1. The third-order valence-electron chi connectivity index (χ3n) is 3.22. The molecule has 2 N–H and O–H groups in total. The minimum Gasteiger partial charge on any atom is -0.385 e. The van der Waals surface area contributed by atoms with Gasteiger partial charge in [0.15, 0.2) is 0 Å². The molecule has 3 unspecified atom stereocenters. The molecule has 2 rings (SSSR count). The molecule has 24 heavy (non-hydrogen) atoms. The lowest BCUT2D eigenvalue weighted by atomic mass is 9.92. The van der Waals surface area contributed by atoms with E-state index in [0.29, 0.717) is 5.02 Å². The molecular formula is C14H10BrCl5N2O2. The Balaban J connectivity index is 2.44. The van der Waals surface area contributed by atoms with Crippen LogP contribution >= 0.6 is 73.9 Å². The number of hydrogen-bond donors (Lipinski definition) is 2. The number of pyridine rings is 2. The molecule has 0 saturated heterocycles. The summed E-state index contributed by atoms with van der Waals surface area (Å²) in [5.41, 5.74) is -1.53. The fourth-order valence-electron chi connectivity index (χ4n) is 2.02. The molecule has 130 valence electrons. The second-order valence-corrected chi connectivity index (χ2v) is 7.83. The molecular weight excluding hydrogens is 485 g/mol. The summed E-state index contributed by atoms with van der Waals surface area (Å²) in [7, 11) is 0. The van der Waals surface area contributed by atoms with E-state index in [1.165, 1.54) is 24.3 Å². The monoisotopic (exact) mass is 492 g/mol. The highest BCUT2D eigenvalue weighted by molar-refractivity contribution is 9.09. The van der Waals surface area contributed by atoms with Crippen molar-refractivity contribution in [2.75, 3.05) is 5.88 Å². The molecule has 0 aliphatic heterocycles. The van der Waals surface area contributed by atoms with Crippen LogP contribution in [0.4, 0.5) is 0 Å². The predicted molar refractivity (Wildman–Crippen MR) is 101 cm³/mol. The molecule has 0 aromatic carbocycles. The van der Waals surface area contributed by atoms with Gasteiger partial charge in [-0.3, -0.25) is 0 Å². The minimum atomic E-state index is -1.79. The Morgan fingerprint density at radius 3 is 2.04 bits per heavy atom. The highest BCUT2D eigenvalue weighted by atomic mass is 79.9. The third kappa shape index (κ3) is 4.46. The molecule has 2 heterocycles. The van der Waals surface area contributed by atoms with E-state index in [1.54, 1.807) is 0 Å². The van der Waals surface area contributed by atoms with Gasteiger partial charge in [-0.15, -0.1) is 11.6 Å². The summed E-state index contributed by atoms with van der Waals surface area (Å²) in [5.74, 6) is -0.294. The molecule has 10 heteroatoms. The molecule has 4 nitrogen and oxygen atoms in total. The first kappa shape index (κ1) is 20.5. The number of rotatable bonds is 5. The maximum atomic E-state index is 11.0. The highest BCUT2D eigenvalue weighted by Crippen LogP contribution is 2.39. The quantitative estimate of drug-likeness (QED) is 0.452. The number of hydrogen-bond acceptors (Lipinski definition) is 4. The van der Waals surface area contributed by atoms with Crippen molar-refractivity contribution in [2.45, 2.75) is 16.5 Å². The van der Waals surface area contributed by atoms with E-state index in [4.69, 9.17) is 58.0 Å². The zero-order valence-corrected chi connectivity index (χ0v) is 17.1. The summed E-state index contributed by atoms with van der Waals surface area (Å²) in [6.45, 7) is 0. The molecule has 2 aromatic heterocycles. The maximum Gasteiger partial charge on any atom is 0.135 e. The fourth-order valence-corrected chi connectivity index (χ4v) is 4.13. The maximum absolute atomic E-state index is 11.0. The van der Waals surface area contributed by atoms with Gasteiger partial charge in [-0.1, -0.05) is 62.3 Å². The largest absolute Gasteiger partial charge is 0.385 e. The summed E-state index contributed by atoms with van der Waals surface area (Å²) in [4.78, 5) is 7.05. The molecule has 0 fully saturated rings. The Labute approximate surface area is 171 Å². The van der Waals surface area contributed by atoms with E-state index in [2.05, 4.69) is 25.9 Å². The van der Waals surface area contributed by atoms with Crippen LogP contribution in [-0.2, 0) is 5.60 Å². The SMILES string of the molecule is OC(c1cc(Cl)cc(Cl)n1)C(Br)C(O)(CCl)c1cc(Cl)cc(Cl)n1. The van der Waals surface area contributed by atoms with Gasteiger partial charge in [0, 0.05) is 10.0 Å². The van der Waals surface area contributed by atoms with Crippen LogP contribution in [-0.4, -0.2) is 30.9 Å². The second-order valence-electron chi connectivity index (χ2n) is 4.93. The van der Waals surface area contributed by atoms with Crippen LogP contribution in [0.15, 0.2) is 24.3 Å². The lowest BCUT2D eigenvalue weighted by molar-refractivity contribution is 0.00865. The van der Waals surface area contributed by atoms with Crippen LogP contribution in [0.25, 0.3) is 0 Å². The number of aliphatic hydroxyl groups is 2. The van der Waals surface area contributed by atoms with Gasteiger partial charge in [-0.2, -0.15) is 0 Å². The summed E-state index contributed by atoms with van der Waals surface area (Å²) in [6.07, 6.45) is -1.29. The van der Waals surface area contributed by atoms with Gasteiger partial charge in [0.2, 0.25) is 0 Å². The van der Waals surface area contributed by atoms with Crippen molar-refractivity contribution < 1.29 is 10.2 Å². The van der Waals surface area contributed by atoms with Crippen LogP contribution in [0.5, 0.6) is 0 Å². The number of alkyl halides is 2. The minimum absolute atomic E-state index is 0.0826. The van der Waals surface area contributed by atoms with E-state index in [1.807, 2.05) is 0 Å². The molecule has 3 atom stereocenters. The van der Waals surface area contributed by atoms with Gasteiger partial charge in [0.05, 0.1) is 22.1 Å². The normalized spacial score (nSPS) is 16.5. The molecule has 0 aliphatic carbocycles. The Hall–Kier alpha value is 0.150. The van der Waals surface area contributed by atoms with E-state index in [9.17, 15) is 10.2 Å². The van der Waals surface area contributed by atoms with Gasteiger partial charge in [-0.05, 0) is 24.3 Å². The summed E-state index contributed by atoms with van der Waals surface area (Å²) in [5, 5.41) is 22.3. The molecule has 0 saturated carbocycles. The standard InChI is InChI=1S/C14H10BrCl5N2O2/c15-13(12(23)8-1-6(17)3-10(19)21-8)14(24,5-16)9-2-7(18)4-11(20)22-9/h1-4,12-13,23-24H,5H2. The molecule has 2 aromatic rings. The Morgan fingerprint density at radius 1 is 1.00 bits per heavy atom. The Bertz CT molecular complexity index is 711. The van der Waals surface area contributed by atoms with E-state index in [0.717, 1.165) is 0 Å². The lowest BCUT2D eigenvalue weighted by Crippen LogP contribution is -2.42. The smallest absolute Gasteiger partial charge is 0.135 e. The average Bonchev–Trinajstić information content (AvgIpc) is 2.50. The summed E-state index contributed by atoms with van der Waals surface area (Å²) >= 11 is 32.8. The average molecular weight is 495 g/mol. The van der Waals surface area contributed by atoms with E-state index in [-0.39, 0.29) is 32.6 Å². The molecule has 0 spiro atoms. The van der Waals surface area contributed by atoms with Crippen molar-refractivity contribution in [3.63, 3.8) is 0 Å². The highest BCUT2D eigenvalue weighted by Gasteiger charge is 2.43. The van der Waals surface area contributed by atoms with Crippen LogP contribution < -0.4 is 0 Å². The van der Waals surface area contributed by atoms with Crippen LogP contribution in [0.2, 0.25) is 20.4 Å². The van der Waals surface area contributed by atoms with E-state index < -0.39 is 16.5 Å². The summed E-state index contributed by atoms with van der Waals surface area (Å²) < 4.78 is 0. The second kappa shape index (κ2) is 8.23. The number of halogens is 6. The molecule has 0 amide bonds. The van der Waals surface area contributed by atoms with Gasteiger partial charge in [-0.25, -0.2) is 9.97 Å². The van der Waals surface area contributed by atoms with Crippen LogP contribution in [0, 0.1) is 0 Å². The Kier molecular flexibility index (Phi) is 7.02. The van der Waals surface area contributed by atoms with Crippen LogP contribution in [0.1, 0.15) is 17.5 Å². The van der Waals surface area contributed by atoms with Crippen molar-refractivity contribution in [1.29, 1.82) is 0 Å². The van der Waals surface area contributed by atoms with Crippen molar-refractivity contribution in [2.24, 2.45) is 0 Å². The zero-order valence-electron chi connectivity index (χ0n) is 11.7. The number of nitrogens with zero attached hydrogens (tertiary/aromatic N) is 2. The summed E-state index contributed by atoms with van der Waals surface area (Å²) in [6, 6.07) is 5.68. The topological polar surface area (TPSA) is 66.2 Å². The molecule has 0 radical (unpaired) electrons. The first-order valence-electron chi connectivity index (χ1n) is 6.44. The molecule has 0 bridgehead atoms. The lowest BCUT2D eigenvalue weighted by Gasteiger charge is -2.33. The van der Waals surface area contributed by atoms with Gasteiger partial charge >= 0.3 is 0 Å². The molecule has 0 aliphatic rings. The Morgan fingerprint density at radius 2 is 1.54 bits per heavy atom. The van der Waals surface area contributed by atoms with Crippen molar-refractivity contribution in [3.8, 4) is 0 Å². The van der Waals surface area contributed by atoms with Crippen LogP contribution in [0.3, 0.4) is 0 Å². The number of aliphatic hydroxyl groups excluding tert-OH is 1. The first-order valence-corrected chi connectivity index (χ1v) is 9.40. The van der Waals surface area contributed by atoms with Crippen molar-refractivity contribution in [1.82, 2.24) is 9.97 Å². The van der Waals surface area contributed by atoms with Gasteiger partial charge in [0.25, 0.3) is 0 Å². The predicted octanol–water partition coefficient (Wildman–Crippen LogP) is 5.01. The number of aromatic nitrogens is 2. The fraction of sp³-hybridized carbons (Fsp3) is 0.286. The van der Waals surface area contributed by atoms with Gasteiger partial charge in [0.1, 0.15) is 22.0 Å². The van der Waals surface area contributed by atoms with Crippen molar-refractivity contribution >= 4 is 73.9 Å². The van der Waals surface area contributed by atoms with E-state index >= 15 is 0 Å². The van der Waals surface area contributed by atoms with Gasteiger partial charge < -0.3 is 10.2 Å².